The van der Waals surface area contributed by atoms with Gasteiger partial charge in [0.1, 0.15) is 0 Å². The molecule has 18 heavy (non-hydrogen) atoms. The SMILES string of the molecule is C=C(CN1CCCc2ccccc2C1)[B-](F)(F)F. The highest BCUT2D eigenvalue weighted by Gasteiger charge is 2.28. The van der Waals surface area contributed by atoms with Crippen LogP contribution in [0.15, 0.2) is 36.3 Å². The fraction of sp³-hybridized carbons (Fsp3) is 0.385. The lowest BCUT2D eigenvalue weighted by Gasteiger charge is -2.26. The fourth-order valence-electron chi connectivity index (χ4n) is 2.29. The second-order valence-electron chi connectivity index (χ2n) is 4.82. The van der Waals surface area contributed by atoms with Crippen LogP contribution < -0.4 is 0 Å². The molecule has 98 valence electrons. The number of nitrogens with zero attached hydrogens (tertiary/aromatic N) is 1. The van der Waals surface area contributed by atoms with Crippen LogP contribution in [-0.2, 0) is 13.0 Å². The van der Waals surface area contributed by atoms with Gasteiger partial charge in [-0.25, -0.2) is 0 Å². The minimum atomic E-state index is -4.92. The molecule has 0 atom stereocenters. The lowest BCUT2D eigenvalue weighted by molar-refractivity contribution is 0.291. The van der Waals surface area contributed by atoms with E-state index < -0.39 is 12.4 Å². The molecule has 0 saturated carbocycles. The Labute approximate surface area is 105 Å². The van der Waals surface area contributed by atoms with Crippen LogP contribution in [0.5, 0.6) is 0 Å². The summed E-state index contributed by atoms with van der Waals surface area (Å²) in [6, 6.07) is 7.97. The smallest absolute Gasteiger partial charge is 0.445 e. The molecule has 2 rings (SSSR count). The molecule has 0 radical (unpaired) electrons. The number of hydrogen-bond acceptors (Lipinski definition) is 1. The minimum absolute atomic E-state index is 0.0716. The average molecular weight is 254 g/mol. The first kappa shape index (κ1) is 13.2. The first-order valence-corrected chi connectivity index (χ1v) is 6.13. The van der Waals surface area contributed by atoms with E-state index in [9.17, 15) is 12.9 Å². The zero-order valence-electron chi connectivity index (χ0n) is 10.2. The molecule has 1 aromatic carbocycles. The van der Waals surface area contributed by atoms with Gasteiger partial charge in [-0.2, -0.15) is 0 Å². The Morgan fingerprint density at radius 1 is 1.22 bits per heavy atom. The van der Waals surface area contributed by atoms with Gasteiger partial charge in [-0.1, -0.05) is 24.3 Å². The molecule has 0 N–H and O–H groups in total. The van der Waals surface area contributed by atoms with E-state index in [1.54, 1.807) is 0 Å². The Balaban J connectivity index is 2.07. The second-order valence-corrected chi connectivity index (χ2v) is 4.82. The quantitative estimate of drug-likeness (QED) is 0.747. The predicted molar refractivity (Wildman–Crippen MR) is 68.3 cm³/mol. The molecular formula is C13H16BF3N-. The molecule has 1 aromatic rings. The van der Waals surface area contributed by atoms with Crippen molar-refractivity contribution in [3.8, 4) is 0 Å². The first-order chi connectivity index (χ1) is 8.47. The van der Waals surface area contributed by atoms with Gasteiger partial charge in [0, 0.05) is 6.54 Å². The van der Waals surface area contributed by atoms with Gasteiger partial charge in [0.15, 0.2) is 0 Å². The van der Waals surface area contributed by atoms with Gasteiger partial charge in [0.2, 0.25) is 0 Å². The first-order valence-electron chi connectivity index (χ1n) is 6.13. The van der Waals surface area contributed by atoms with Crippen LogP contribution in [0.1, 0.15) is 17.5 Å². The largest absolute Gasteiger partial charge is 0.506 e. The Morgan fingerprint density at radius 2 is 1.89 bits per heavy atom. The summed E-state index contributed by atoms with van der Waals surface area (Å²) in [5.41, 5.74) is 1.79. The lowest BCUT2D eigenvalue weighted by atomic mass is 9.80. The summed E-state index contributed by atoms with van der Waals surface area (Å²) in [6.45, 7) is -0.542. The van der Waals surface area contributed by atoms with E-state index in [1.807, 2.05) is 23.1 Å². The monoisotopic (exact) mass is 254 g/mol. The van der Waals surface area contributed by atoms with Gasteiger partial charge in [-0.3, -0.25) is 4.90 Å². The van der Waals surface area contributed by atoms with E-state index in [0.717, 1.165) is 18.4 Å². The summed E-state index contributed by atoms with van der Waals surface area (Å²) in [5.74, 6) is 0. The van der Waals surface area contributed by atoms with Crippen LogP contribution in [0.4, 0.5) is 12.9 Å². The highest BCUT2D eigenvalue weighted by molar-refractivity contribution is 6.66. The molecule has 1 aliphatic rings. The van der Waals surface area contributed by atoms with Gasteiger partial charge in [-0.15, -0.1) is 12.1 Å². The van der Waals surface area contributed by atoms with E-state index in [-0.39, 0.29) is 6.54 Å². The number of rotatable bonds is 3. The summed E-state index contributed by atoms with van der Waals surface area (Å²) < 4.78 is 37.6. The highest BCUT2D eigenvalue weighted by Crippen LogP contribution is 2.23. The predicted octanol–water partition coefficient (Wildman–Crippen LogP) is 3.38. The number of benzene rings is 1. The standard InChI is InChI=1S/C13H16BF3N/c1-11(14(15,16)17)9-18-8-4-7-12-5-2-3-6-13(12)10-18/h2-3,5-6H,1,4,7-10H2/q-1. The Morgan fingerprint density at radius 3 is 2.56 bits per heavy atom. The van der Waals surface area contributed by atoms with Crippen molar-refractivity contribution in [3.63, 3.8) is 0 Å². The molecule has 0 fully saturated rings. The van der Waals surface area contributed by atoms with Crippen molar-refractivity contribution in [3.05, 3.63) is 47.4 Å². The van der Waals surface area contributed by atoms with Gasteiger partial charge in [-0.05, 0) is 37.1 Å². The molecule has 0 spiro atoms. The Hall–Kier alpha value is -1.23. The Kier molecular flexibility index (Phi) is 3.80. The van der Waals surface area contributed by atoms with Crippen molar-refractivity contribution in [1.29, 1.82) is 0 Å². The molecular weight excluding hydrogens is 238 g/mol. The third-order valence-electron chi connectivity index (χ3n) is 3.32. The third kappa shape index (κ3) is 3.16. The maximum Gasteiger partial charge on any atom is 0.506 e. The van der Waals surface area contributed by atoms with Crippen LogP contribution in [-0.4, -0.2) is 25.0 Å². The molecule has 1 heterocycles. The van der Waals surface area contributed by atoms with E-state index >= 15 is 0 Å². The normalized spacial score (nSPS) is 17.1. The van der Waals surface area contributed by atoms with Crippen LogP contribution in [0.25, 0.3) is 0 Å². The summed E-state index contributed by atoms with van der Waals surface area (Å²) in [4.78, 5) is 1.84. The molecule has 0 saturated heterocycles. The van der Waals surface area contributed by atoms with Gasteiger partial charge in [0.05, 0.1) is 0 Å². The summed E-state index contributed by atoms with van der Waals surface area (Å²) >= 11 is 0. The molecule has 5 heteroatoms. The molecule has 1 aliphatic heterocycles. The van der Waals surface area contributed by atoms with Crippen molar-refractivity contribution < 1.29 is 12.9 Å². The fourth-order valence-corrected chi connectivity index (χ4v) is 2.29. The highest BCUT2D eigenvalue weighted by atomic mass is 19.4. The third-order valence-corrected chi connectivity index (χ3v) is 3.32. The maximum absolute atomic E-state index is 12.5. The second kappa shape index (κ2) is 5.18. The van der Waals surface area contributed by atoms with Crippen LogP contribution in [0.2, 0.25) is 0 Å². The van der Waals surface area contributed by atoms with Crippen molar-refractivity contribution >= 4 is 6.98 Å². The Bertz CT molecular complexity index is 442. The zero-order valence-corrected chi connectivity index (χ0v) is 10.2. The molecule has 0 bridgehead atoms. The van der Waals surface area contributed by atoms with Crippen LogP contribution in [0, 0.1) is 0 Å². The van der Waals surface area contributed by atoms with Gasteiger partial charge < -0.3 is 12.9 Å². The van der Waals surface area contributed by atoms with Crippen LogP contribution >= 0.6 is 0 Å². The van der Waals surface area contributed by atoms with Crippen molar-refractivity contribution in [2.75, 3.05) is 13.1 Å². The number of hydrogen-bond donors (Lipinski definition) is 0. The lowest BCUT2D eigenvalue weighted by Crippen LogP contribution is -2.32. The number of fused-ring (bicyclic) bond motifs is 1. The molecule has 0 unspecified atom stereocenters. The number of aryl methyl sites for hydroxylation is 1. The molecule has 0 amide bonds. The topological polar surface area (TPSA) is 3.24 Å². The maximum atomic E-state index is 12.5. The number of halogens is 3. The van der Waals surface area contributed by atoms with E-state index in [4.69, 9.17) is 0 Å². The van der Waals surface area contributed by atoms with E-state index in [2.05, 4.69) is 12.6 Å². The summed E-state index contributed by atoms with van der Waals surface area (Å²) in [5, 5.41) is 0. The average Bonchev–Trinajstić information content (AvgIpc) is 2.49. The van der Waals surface area contributed by atoms with Crippen molar-refractivity contribution in [2.45, 2.75) is 19.4 Å². The minimum Gasteiger partial charge on any atom is -0.445 e. The van der Waals surface area contributed by atoms with Crippen molar-refractivity contribution in [1.82, 2.24) is 4.90 Å². The van der Waals surface area contributed by atoms with Crippen molar-refractivity contribution in [2.24, 2.45) is 0 Å². The van der Waals surface area contributed by atoms with Crippen LogP contribution in [0.3, 0.4) is 0 Å². The summed E-state index contributed by atoms with van der Waals surface area (Å²) in [7, 11) is 0. The van der Waals surface area contributed by atoms with Gasteiger partial charge >= 0.3 is 6.98 Å². The van der Waals surface area contributed by atoms with E-state index in [0.29, 0.717) is 13.1 Å². The zero-order chi connectivity index (χ0) is 13.2. The molecule has 1 nitrogen and oxygen atoms in total. The summed E-state index contributed by atoms with van der Waals surface area (Å²) in [6.07, 6.45) is 1.84. The van der Waals surface area contributed by atoms with E-state index in [1.165, 1.54) is 5.56 Å². The molecule has 0 aliphatic carbocycles. The van der Waals surface area contributed by atoms with Gasteiger partial charge in [0.25, 0.3) is 0 Å². The molecule has 0 aromatic heterocycles.